The fourth-order valence-electron chi connectivity index (χ4n) is 3.94. The summed E-state index contributed by atoms with van der Waals surface area (Å²) in [4.78, 5) is 2.44. The first kappa shape index (κ1) is 19.6. The largest absolute Gasteiger partial charge is 0.493 e. The molecule has 5 heteroatoms. The standard InChI is InChI=1S/C22H28FNO3/c1-26-21-5-3-4-19(22(21)27-2)20-14-17(15-25)11-13-24(20)12-10-16-6-8-18(23)9-7-16/h3-9,17,20,25H,10-15H2,1-2H3/t17?,20-/m0/s1. The van der Waals surface area contributed by atoms with Crippen molar-refractivity contribution in [2.45, 2.75) is 25.3 Å². The summed E-state index contributed by atoms with van der Waals surface area (Å²) in [5, 5.41) is 9.69. The van der Waals surface area contributed by atoms with Crippen LogP contribution in [0.2, 0.25) is 0 Å². The SMILES string of the molecule is COc1cccc([C@@H]2CC(CO)CCN2CCc2ccc(F)cc2)c1OC. The van der Waals surface area contributed by atoms with E-state index in [2.05, 4.69) is 11.0 Å². The maximum atomic E-state index is 13.1. The number of aliphatic hydroxyl groups is 1. The lowest BCUT2D eigenvalue weighted by molar-refractivity contribution is 0.0797. The summed E-state index contributed by atoms with van der Waals surface area (Å²) in [6.07, 6.45) is 2.71. The number of para-hydroxylation sites is 1. The van der Waals surface area contributed by atoms with Crippen molar-refractivity contribution in [3.8, 4) is 11.5 Å². The Hall–Kier alpha value is -2.11. The molecule has 1 N–H and O–H groups in total. The van der Waals surface area contributed by atoms with Gasteiger partial charge in [0.05, 0.1) is 14.2 Å². The normalized spacial score (nSPS) is 20.4. The van der Waals surface area contributed by atoms with Crippen LogP contribution < -0.4 is 9.47 Å². The third-order valence-corrected chi connectivity index (χ3v) is 5.47. The number of aliphatic hydroxyl groups excluding tert-OH is 1. The maximum absolute atomic E-state index is 13.1. The van der Waals surface area contributed by atoms with Crippen LogP contribution in [0.4, 0.5) is 4.39 Å². The molecule has 146 valence electrons. The van der Waals surface area contributed by atoms with Gasteiger partial charge >= 0.3 is 0 Å². The van der Waals surface area contributed by atoms with Gasteiger partial charge in [0.1, 0.15) is 5.82 Å². The summed E-state index contributed by atoms with van der Waals surface area (Å²) in [6.45, 7) is 1.99. The molecule has 0 saturated carbocycles. The van der Waals surface area contributed by atoms with Crippen molar-refractivity contribution in [2.75, 3.05) is 33.9 Å². The van der Waals surface area contributed by atoms with E-state index < -0.39 is 0 Å². The molecule has 1 unspecified atom stereocenters. The molecule has 2 atom stereocenters. The fraction of sp³-hybridized carbons (Fsp3) is 0.455. The van der Waals surface area contributed by atoms with Gasteiger partial charge in [-0.25, -0.2) is 4.39 Å². The maximum Gasteiger partial charge on any atom is 0.165 e. The average Bonchev–Trinajstić information content (AvgIpc) is 2.72. The number of likely N-dealkylation sites (tertiary alicyclic amines) is 1. The van der Waals surface area contributed by atoms with Crippen LogP contribution in [-0.2, 0) is 6.42 Å². The van der Waals surface area contributed by atoms with E-state index in [0.29, 0.717) is 0 Å². The first-order chi connectivity index (χ1) is 13.2. The molecule has 1 aliphatic heterocycles. The third kappa shape index (κ3) is 4.60. The lowest BCUT2D eigenvalue weighted by Gasteiger charge is -2.40. The van der Waals surface area contributed by atoms with Gasteiger partial charge in [0.2, 0.25) is 0 Å². The minimum absolute atomic E-state index is 0.154. The van der Waals surface area contributed by atoms with Crippen molar-refractivity contribution in [3.63, 3.8) is 0 Å². The van der Waals surface area contributed by atoms with Gasteiger partial charge in [-0.2, -0.15) is 0 Å². The Balaban J connectivity index is 1.83. The number of ether oxygens (including phenoxy) is 2. The molecule has 27 heavy (non-hydrogen) atoms. The van der Waals surface area contributed by atoms with E-state index in [-0.39, 0.29) is 24.4 Å². The van der Waals surface area contributed by atoms with E-state index in [1.165, 1.54) is 12.1 Å². The van der Waals surface area contributed by atoms with E-state index in [4.69, 9.17) is 9.47 Å². The molecule has 1 heterocycles. The molecule has 3 rings (SSSR count). The van der Waals surface area contributed by atoms with E-state index in [0.717, 1.165) is 55.0 Å². The van der Waals surface area contributed by atoms with Gasteiger partial charge in [-0.05, 0) is 55.5 Å². The Labute approximate surface area is 160 Å². The van der Waals surface area contributed by atoms with Gasteiger partial charge in [0.15, 0.2) is 11.5 Å². The third-order valence-electron chi connectivity index (χ3n) is 5.47. The second-order valence-corrected chi connectivity index (χ2v) is 7.08. The second-order valence-electron chi connectivity index (χ2n) is 7.08. The molecule has 1 fully saturated rings. The van der Waals surface area contributed by atoms with Crippen LogP contribution in [0.25, 0.3) is 0 Å². The number of benzene rings is 2. The van der Waals surface area contributed by atoms with Crippen LogP contribution in [0, 0.1) is 11.7 Å². The average molecular weight is 373 g/mol. The van der Waals surface area contributed by atoms with E-state index in [9.17, 15) is 9.50 Å². The van der Waals surface area contributed by atoms with Gasteiger partial charge in [-0.1, -0.05) is 24.3 Å². The molecule has 1 saturated heterocycles. The van der Waals surface area contributed by atoms with E-state index in [1.54, 1.807) is 14.2 Å². The highest BCUT2D eigenvalue weighted by Crippen LogP contribution is 2.42. The smallest absolute Gasteiger partial charge is 0.165 e. The Morgan fingerprint density at radius 1 is 1.11 bits per heavy atom. The zero-order chi connectivity index (χ0) is 19.2. The Morgan fingerprint density at radius 3 is 2.56 bits per heavy atom. The molecule has 0 radical (unpaired) electrons. The van der Waals surface area contributed by atoms with Gasteiger partial charge < -0.3 is 14.6 Å². The quantitative estimate of drug-likeness (QED) is 0.801. The van der Waals surface area contributed by atoms with Crippen molar-refractivity contribution in [1.29, 1.82) is 0 Å². The number of piperidine rings is 1. The Kier molecular flexibility index (Phi) is 6.69. The fourth-order valence-corrected chi connectivity index (χ4v) is 3.94. The first-order valence-corrected chi connectivity index (χ1v) is 9.46. The number of methoxy groups -OCH3 is 2. The summed E-state index contributed by atoms with van der Waals surface area (Å²) >= 11 is 0. The van der Waals surface area contributed by atoms with Crippen molar-refractivity contribution in [3.05, 3.63) is 59.4 Å². The highest BCUT2D eigenvalue weighted by molar-refractivity contribution is 5.48. The zero-order valence-electron chi connectivity index (χ0n) is 16.0. The van der Waals surface area contributed by atoms with E-state index >= 15 is 0 Å². The summed E-state index contributed by atoms with van der Waals surface area (Å²) in [5.41, 5.74) is 2.21. The zero-order valence-corrected chi connectivity index (χ0v) is 16.0. The number of hydrogen-bond donors (Lipinski definition) is 1. The van der Waals surface area contributed by atoms with Crippen molar-refractivity contribution < 1.29 is 19.0 Å². The first-order valence-electron chi connectivity index (χ1n) is 9.46. The highest BCUT2D eigenvalue weighted by Gasteiger charge is 2.31. The second kappa shape index (κ2) is 9.20. The minimum Gasteiger partial charge on any atom is -0.493 e. The summed E-state index contributed by atoms with van der Waals surface area (Å²) in [5.74, 6) is 1.56. The van der Waals surface area contributed by atoms with Crippen LogP contribution in [0.3, 0.4) is 0 Å². The number of nitrogens with zero attached hydrogens (tertiary/aromatic N) is 1. The lowest BCUT2D eigenvalue weighted by atomic mass is 9.86. The summed E-state index contributed by atoms with van der Waals surface area (Å²) < 4.78 is 24.3. The predicted octanol–water partition coefficient (Wildman–Crippen LogP) is 3.83. The minimum atomic E-state index is -0.207. The van der Waals surface area contributed by atoms with Gasteiger partial charge in [0, 0.05) is 24.8 Å². The van der Waals surface area contributed by atoms with Crippen molar-refractivity contribution in [1.82, 2.24) is 4.90 Å². The molecule has 2 aromatic rings. The van der Waals surface area contributed by atoms with E-state index in [1.807, 2.05) is 24.3 Å². The van der Waals surface area contributed by atoms with Crippen LogP contribution in [0.5, 0.6) is 11.5 Å². The molecule has 2 aromatic carbocycles. The molecular weight excluding hydrogens is 345 g/mol. The molecule has 4 nitrogen and oxygen atoms in total. The van der Waals surface area contributed by atoms with Crippen LogP contribution in [-0.4, -0.2) is 43.9 Å². The van der Waals surface area contributed by atoms with Crippen LogP contribution >= 0.6 is 0 Å². The van der Waals surface area contributed by atoms with Crippen LogP contribution in [0.15, 0.2) is 42.5 Å². The van der Waals surface area contributed by atoms with Crippen molar-refractivity contribution in [2.24, 2.45) is 5.92 Å². The highest BCUT2D eigenvalue weighted by atomic mass is 19.1. The number of rotatable bonds is 7. The lowest BCUT2D eigenvalue weighted by Crippen LogP contribution is -2.39. The van der Waals surface area contributed by atoms with Gasteiger partial charge in [-0.15, -0.1) is 0 Å². The summed E-state index contributed by atoms with van der Waals surface area (Å²) in [7, 11) is 3.31. The number of hydrogen-bond acceptors (Lipinski definition) is 4. The molecule has 0 spiro atoms. The Bertz CT molecular complexity index is 735. The monoisotopic (exact) mass is 373 g/mol. The summed E-state index contributed by atoms with van der Waals surface area (Å²) in [6, 6.07) is 12.8. The van der Waals surface area contributed by atoms with Gasteiger partial charge in [0.25, 0.3) is 0 Å². The van der Waals surface area contributed by atoms with Crippen molar-refractivity contribution >= 4 is 0 Å². The molecule has 1 aliphatic rings. The molecule has 0 amide bonds. The molecule has 0 aliphatic carbocycles. The number of halogens is 1. The Morgan fingerprint density at radius 2 is 1.89 bits per heavy atom. The molecular formula is C22H28FNO3. The molecule has 0 aromatic heterocycles. The predicted molar refractivity (Wildman–Crippen MR) is 104 cm³/mol. The topological polar surface area (TPSA) is 41.9 Å². The van der Waals surface area contributed by atoms with Gasteiger partial charge in [-0.3, -0.25) is 4.90 Å². The van der Waals surface area contributed by atoms with Crippen LogP contribution in [0.1, 0.15) is 30.0 Å². The molecule has 0 bridgehead atoms.